The number of aliphatic carboxylic acids is 1. The van der Waals surface area contributed by atoms with Gasteiger partial charge in [0.1, 0.15) is 5.75 Å². The van der Waals surface area contributed by atoms with E-state index in [4.69, 9.17) is 9.84 Å². The molecule has 0 aliphatic rings. The van der Waals surface area contributed by atoms with Crippen LogP contribution in [0.15, 0.2) is 24.3 Å². The van der Waals surface area contributed by atoms with Gasteiger partial charge in [-0.3, -0.25) is 9.59 Å². The van der Waals surface area contributed by atoms with Gasteiger partial charge in [0.2, 0.25) is 5.91 Å². The number of carboxylic acids is 1. The molecule has 0 unspecified atom stereocenters. The molecule has 0 radical (unpaired) electrons. The fourth-order valence-corrected chi connectivity index (χ4v) is 1.71. The SMILES string of the molecule is CCCOc1ccc(CCC(=O)NCC(C)(C)C(=O)O)cc1. The Labute approximate surface area is 131 Å². The van der Waals surface area contributed by atoms with Crippen molar-refractivity contribution in [1.82, 2.24) is 5.32 Å². The molecule has 0 fully saturated rings. The third kappa shape index (κ3) is 6.16. The van der Waals surface area contributed by atoms with Crippen molar-refractivity contribution in [2.45, 2.75) is 40.0 Å². The van der Waals surface area contributed by atoms with Crippen LogP contribution in [0.1, 0.15) is 39.2 Å². The van der Waals surface area contributed by atoms with Crippen LogP contribution in [-0.4, -0.2) is 30.1 Å². The molecule has 2 N–H and O–H groups in total. The Balaban J connectivity index is 2.36. The fraction of sp³-hybridized carbons (Fsp3) is 0.529. The van der Waals surface area contributed by atoms with Gasteiger partial charge in [-0.15, -0.1) is 0 Å². The number of nitrogens with one attached hydrogen (secondary N) is 1. The summed E-state index contributed by atoms with van der Waals surface area (Å²) in [5, 5.41) is 11.7. The van der Waals surface area contributed by atoms with Crippen molar-refractivity contribution in [3.05, 3.63) is 29.8 Å². The van der Waals surface area contributed by atoms with Crippen molar-refractivity contribution in [3.8, 4) is 5.75 Å². The zero-order valence-electron chi connectivity index (χ0n) is 13.5. The fourth-order valence-electron chi connectivity index (χ4n) is 1.71. The summed E-state index contributed by atoms with van der Waals surface area (Å²) in [6.07, 6.45) is 1.92. The van der Waals surface area contributed by atoms with Crippen molar-refractivity contribution in [1.29, 1.82) is 0 Å². The normalized spacial score (nSPS) is 11.0. The molecule has 5 nitrogen and oxygen atoms in total. The van der Waals surface area contributed by atoms with Gasteiger partial charge in [-0.05, 0) is 44.4 Å². The summed E-state index contributed by atoms with van der Waals surface area (Å²) in [5.74, 6) is -0.227. The molecule has 0 heterocycles. The summed E-state index contributed by atoms with van der Waals surface area (Å²) in [6, 6.07) is 7.69. The molecular weight excluding hydrogens is 282 g/mol. The van der Waals surface area contributed by atoms with Crippen LogP contribution >= 0.6 is 0 Å². The van der Waals surface area contributed by atoms with E-state index in [1.807, 2.05) is 24.3 Å². The molecule has 1 aromatic carbocycles. The van der Waals surface area contributed by atoms with E-state index < -0.39 is 11.4 Å². The van der Waals surface area contributed by atoms with E-state index in [1.165, 1.54) is 0 Å². The lowest BCUT2D eigenvalue weighted by molar-refractivity contribution is -0.146. The van der Waals surface area contributed by atoms with Gasteiger partial charge in [0.15, 0.2) is 0 Å². The second-order valence-electron chi connectivity index (χ2n) is 5.96. The van der Waals surface area contributed by atoms with E-state index >= 15 is 0 Å². The molecule has 0 aliphatic heterocycles. The minimum atomic E-state index is -0.950. The molecule has 0 spiro atoms. The van der Waals surface area contributed by atoms with Gasteiger partial charge < -0.3 is 15.2 Å². The Kier molecular flexibility index (Phi) is 6.89. The number of aryl methyl sites for hydroxylation is 1. The number of hydrogen-bond acceptors (Lipinski definition) is 3. The molecule has 122 valence electrons. The summed E-state index contributed by atoms with van der Waals surface area (Å²) in [4.78, 5) is 22.7. The molecule has 0 saturated heterocycles. The van der Waals surface area contributed by atoms with E-state index in [0.717, 1.165) is 17.7 Å². The number of carbonyl (C=O) groups excluding carboxylic acids is 1. The predicted octanol–water partition coefficient (Wildman–Crippen LogP) is 2.64. The largest absolute Gasteiger partial charge is 0.494 e. The second-order valence-corrected chi connectivity index (χ2v) is 5.96. The zero-order chi connectivity index (χ0) is 16.6. The van der Waals surface area contributed by atoms with Crippen molar-refractivity contribution in [3.63, 3.8) is 0 Å². The number of ether oxygens (including phenoxy) is 1. The third-order valence-electron chi connectivity index (χ3n) is 3.34. The third-order valence-corrected chi connectivity index (χ3v) is 3.34. The first kappa shape index (κ1) is 18.0. The first-order chi connectivity index (χ1) is 10.3. The molecule has 0 aromatic heterocycles. The number of hydrogen-bond donors (Lipinski definition) is 2. The van der Waals surface area contributed by atoms with Crippen LogP contribution in [0.4, 0.5) is 0 Å². The Morgan fingerprint density at radius 2 is 1.86 bits per heavy atom. The van der Waals surface area contributed by atoms with Crippen molar-refractivity contribution < 1.29 is 19.4 Å². The van der Waals surface area contributed by atoms with E-state index in [9.17, 15) is 9.59 Å². The first-order valence-electron chi connectivity index (χ1n) is 7.57. The smallest absolute Gasteiger partial charge is 0.310 e. The maximum absolute atomic E-state index is 11.8. The number of carbonyl (C=O) groups is 2. The van der Waals surface area contributed by atoms with Gasteiger partial charge in [0.25, 0.3) is 0 Å². The number of carboxylic acid groups (broad SMARTS) is 1. The van der Waals surface area contributed by atoms with Gasteiger partial charge in [-0.2, -0.15) is 0 Å². The maximum atomic E-state index is 11.8. The quantitative estimate of drug-likeness (QED) is 0.735. The van der Waals surface area contributed by atoms with Crippen LogP contribution in [-0.2, 0) is 16.0 Å². The minimum Gasteiger partial charge on any atom is -0.494 e. The van der Waals surface area contributed by atoms with Crippen LogP contribution in [0.5, 0.6) is 5.75 Å². The van der Waals surface area contributed by atoms with Crippen LogP contribution in [0, 0.1) is 5.41 Å². The van der Waals surface area contributed by atoms with Crippen LogP contribution in [0.3, 0.4) is 0 Å². The number of benzene rings is 1. The average Bonchev–Trinajstić information content (AvgIpc) is 2.49. The summed E-state index contributed by atoms with van der Waals surface area (Å²) < 4.78 is 5.50. The lowest BCUT2D eigenvalue weighted by Crippen LogP contribution is -2.38. The van der Waals surface area contributed by atoms with Crippen molar-refractivity contribution in [2.75, 3.05) is 13.2 Å². The highest BCUT2D eigenvalue weighted by Gasteiger charge is 2.27. The molecule has 0 atom stereocenters. The van der Waals surface area contributed by atoms with Gasteiger partial charge in [-0.25, -0.2) is 0 Å². The summed E-state index contributed by atoms with van der Waals surface area (Å²) >= 11 is 0. The van der Waals surface area contributed by atoms with E-state index in [-0.39, 0.29) is 12.5 Å². The zero-order valence-corrected chi connectivity index (χ0v) is 13.5. The summed E-state index contributed by atoms with van der Waals surface area (Å²) in [5.41, 5.74) is 0.102. The van der Waals surface area contributed by atoms with Gasteiger partial charge in [-0.1, -0.05) is 19.1 Å². The lowest BCUT2D eigenvalue weighted by atomic mass is 9.94. The van der Waals surface area contributed by atoms with Crippen molar-refractivity contribution in [2.24, 2.45) is 5.41 Å². The molecular formula is C17H25NO4. The molecule has 1 rings (SSSR count). The van der Waals surface area contributed by atoms with Gasteiger partial charge in [0, 0.05) is 13.0 Å². The molecule has 1 aromatic rings. The molecule has 5 heteroatoms. The lowest BCUT2D eigenvalue weighted by Gasteiger charge is -2.19. The Morgan fingerprint density at radius 1 is 1.23 bits per heavy atom. The Hall–Kier alpha value is -2.04. The second kappa shape index (κ2) is 8.41. The average molecular weight is 307 g/mol. The maximum Gasteiger partial charge on any atom is 0.310 e. The standard InChI is InChI=1S/C17H25NO4/c1-4-11-22-14-8-5-13(6-9-14)7-10-15(19)18-12-17(2,3)16(20)21/h5-6,8-9H,4,7,10-12H2,1-3H3,(H,18,19)(H,20,21). The highest BCUT2D eigenvalue weighted by Crippen LogP contribution is 2.15. The predicted molar refractivity (Wildman–Crippen MR) is 85.0 cm³/mol. The van der Waals surface area contributed by atoms with E-state index in [2.05, 4.69) is 12.2 Å². The minimum absolute atomic E-state index is 0.130. The van der Waals surface area contributed by atoms with Crippen LogP contribution < -0.4 is 10.1 Å². The summed E-state index contributed by atoms with van der Waals surface area (Å²) in [7, 11) is 0. The first-order valence-corrected chi connectivity index (χ1v) is 7.57. The summed E-state index contributed by atoms with van der Waals surface area (Å²) in [6.45, 7) is 6.06. The number of amides is 1. The highest BCUT2D eigenvalue weighted by molar-refractivity contribution is 5.78. The molecule has 22 heavy (non-hydrogen) atoms. The van der Waals surface area contributed by atoms with Crippen LogP contribution in [0.25, 0.3) is 0 Å². The van der Waals surface area contributed by atoms with Gasteiger partial charge in [0.05, 0.1) is 12.0 Å². The molecule has 1 amide bonds. The van der Waals surface area contributed by atoms with Crippen molar-refractivity contribution >= 4 is 11.9 Å². The topological polar surface area (TPSA) is 75.6 Å². The van der Waals surface area contributed by atoms with Crippen LogP contribution in [0.2, 0.25) is 0 Å². The Bertz CT molecular complexity index is 494. The number of rotatable bonds is 9. The highest BCUT2D eigenvalue weighted by atomic mass is 16.5. The Morgan fingerprint density at radius 3 is 2.41 bits per heavy atom. The van der Waals surface area contributed by atoms with E-state index in [0.29, 0.717) is 19.4 Å². The monoisotopic (exact) mass is 307 g/mol. The van der Waals surface area contributed by atoms with Gasteiger partial charge >= 0.3 is 5.97 Å². The molecule has 0 saturated carbocycles. The van der Waals surface area contributed by atoms with E-state index in [1.54, 1.807) is 13.8 Å². The molecule has 0 bridgehead atoms. The molecule has 0 aliphatic carbocycles.